The van der Waals surface area contributed by atoms with Gasteiger partial charge in [0.05, 0.1) is 0 Å². The van der Waals surface area contributed by atoms with E-state index >= 15 is 0 Å². The van der Waals surface area contributed by atoms with Crippen molar-refractivity contribution in [3.63, 3.8) is 0 Å². The van der Waals surface area contributed by atoms with Gasteiger partial charge in [-0.1, -0.05) is 0 Å². The van der Waals surface area contributed by atoms with E-state index in [1.54, 1.807) is 0 Å². The Labute approximate surface area is 54.9 Å². The molecule has 0 spiro atoms. The van der Waals surface area contributed by atoms with Crippen molar-refractivity contribution in [1.82, 2.24) is 0 Å². The van der Waals surface area contributed by atoms with Crippen LogP contribution >= 0.6 is 0 Å². The molecular formula is C6H13NO2+. The van der Waals surface area contributed by atoms with Crippen LogP contribution in [0.1, 0.15) is 25.7 Å². The van der Waals surface area contributed by atoms with Crippen molar-refractivity contribution >= 4 is 5.97 Å². The Morgan fingerprint density at radius 2 is 2.22 bits per heavy atom. The van der Waals surface area contributed by atoms with E-state index in [4.69, 9.17) is 5.11 Å². The summed E-state index contributed by atoms with van der Waals surface area (Å²) < 4.78 is 0. The summed E-state index contributed by atoms with van der Waals surface area (Å²) in [5.74, 6) is -0.709. The Kier molecular flexibility index (Phi) is 5.21. The third kappa shape index (κ3) is 7.43. The van der Waals surface area contributed by atoms with Gasteiger partial charge in [-0.15, -0.1) is 0 Å². The van der Waals surface area contributed by atoms with Gasteiger partial charge < -0.3 is 10.8 Å². The molecule has 0 saturated heterocycles. The Morgan fingerprint density at radius 1 is 1.56 bits per heavy atom. The van der Waals surface area contributed by atoms with Gasteiger partial charge in [-0.25, -0.2) is 0 Å². The van der Waals surface area contributed by atoms with Crippen LogP contribution in [-0.4, -0.2) is 11.1 Å². The Morgan fingerprint density at radius 3 is 2.67 bits per heavy atom. The average Bonchev–Trinajstić information content (AvgIpc) is 1.80. The maximum atomic E-state index is 9.94. The van der Waals surface area contributed by atoms with Crippen molar-refractivity contribution in [1.29, 1.82) is 0 Å². The van der Waals surface area contributed by atoms with Crippen LogP contribution < -0.4 is 5.73 Å². The van der Waals surface area contributed by atoms with E-state index in [1.165, 1.54) is 0 Å². The van der Waals surface area contributed by atoms with Crippen LogP contribution in [0.3, 0.4) is 0 Å². The van der Waals surface area contributed by atoms with Gasteiger partial charge in [-0.2, -0.15) is 0 Å². The van der Waals surface area contributed by atoms with E-state index in [0.29, 0.717) is 0 Å². The van der Waals surface area contributed by atoms with Crippen LogP contribution in [-0.2, 0) is 4.79 Å². The number of carbonyl (C=O) groups is 1. The van der Waals surface area contributed by atoms with Gasteiger partial charge in [0.15, 0.2) is 0 Å². The van der Waals surface area contributed by atoms with Gasteiger partial charge in [-0.05, 0) is 12.8 Å². The average molecular weight is 131 g/mol. The molecule has 1 radical (unpaired) electrons. The molecule has 0 aliphatic rings. The first-order chi connectivity index (χ1) is 4.27. The fourth-order valence-corrected chi connectivity index (χ4v) is 0.565. The summed E-state index contributed by atoms with van der Waals surface area (Å²) in [5, 5.41) is 8.19. The van der Waals surface area contributed by atoms with E-state index in [2.05, 4.69) is 5.73 Å². The smallest absolute Gasteiger partial charge is 0.303 e. The van der Waals surface area contributed by atoms with Crippen LogP contribution in [0.2, 0.25) is 0 Å². The maximum absolute atomic E-state index is 9.94. The van der Waals surface area contributed by atoms with E-state index < -0.39 is 5.97 Å². The number of hydrogen-bond acceptors (Lipinski definition) is 1. The molecule has 53 valence electrons. The minimum Gasteiger partial charge on any atom is -0.481 e. The van der Waals surface area contributed by atoms with Gasteiger partial charge in [0.1, 0.15) is 6.54 Å². The monoisotopic (exact) mass is 131 g/mol. The van der Waals surface area contributed by atoms with Crippen LogP contribution in [0, 0.1) is 6.54 Å². The SMILES string of the molecule is [NH3+][CH]CCCCC(=O)O. The van der Waals surface area contributed by atoms with E-state index in [-0.39, 0.29) is 6.42 Å². The third-order valence-electron chi connectivity index (χ3n) is 1.05. The zero-order chi connectivity index (χ0) is 7.11. The van der Waals surface area contributed by atoms with Crippen LogP contribution in [0.15, 0.2) is 0 Å². The summed E-state index contributed by atoms with van der Waals surface area (Å²) in [6, 6.07) is 0. The predicted molar refractivity (Wildman–Crippen MR) is 33.3 cm³/mol. The molecule has 0 bridgehead atoms. The van der Waals surface area contributed by atoms with Gasteiger partial charge in [0.2, 0.25) is 0 Å². The fraction of sp³-hybridized carbons (Fsp3) is 0.667. The number of unbranched alkanes of at least 4 members (excludes halogenated alkanes) is 2. The van der Waals surface area contributed by atoms with Crippen molar-refractivity contribution < 1.29 is 15.6 Å². The predicted octanol–water partition coefficient (Wildman–Crippen LogP) is 0.0351. The number of carboxylic acid groups (broad SMARTS) is 1. The van der Waals surface area contributed by atoms with E-state index in [0.717, 1.165) is 19.3 Å². The van der Waals surface area contributed by atoms with Gasteiger partial charge >= 0.3 is 5.97 Å². The van der Waals surface area contributed by atoms with Crippen molar-refractivity contribution in [3.8, 4) is 0 Å². The summed E-state index contributed by atoms with van der Waals surface area (Å²) in [5.41, 5.74) is 3.53. The van der Waals surface area contributed by atoms with E-state index in [1.807, 2.05) is 6.54 Å². The number of rotatable bonds is 5. The third-order valence-corrected chi connectivity index (χ3v) is 1.05. The second-order valence-electron chi connectivity index (χ2n) is 1.93. The van der Waals surface area contributed by atoms with Crippen molar-refractivity contribution in [3.05, 3.63) is 6.54 Å². The number of aliphatic carboxylic acids is 1. The largest absolute Gasteiger partial charge is 0.481 e. The molecule has 0 aliphatic carbocycles. The highest BCUT2D eigenvalue weighted by atomic mass is 16.4. The first-order valence-electron chi connectivity index (χ1n) is 3.10. The normalized spacial score (nSPS) is 9.44. The lowest BCUT2D eigenvalue weighted by atomic mass is 10.2. The summed E-state index contributed by atoms with van der Waals surface area (Å²) in [6.45, 7) is 1.81. The van der Waals surface area contributed by atoms with E-state index in [9.17, 15) is 4.79 Å². The molecule has 0 saturated carbocycles. The standard InChI is InChI=1S/C6H13NO2/c7-5-3-1-2-4-6(8)9/h5H,1-4H2,7H3,(H,8,9)/q+1. The lowest BCUT2D eigenvalue weighted by Crippen LogP contribution is -2.44. The Hall–Kier alpha value is -0.570. The lowest BCUT2D eigenvalue weighted by Gasteiger charge is -1.91. The molecule has 4 N–H and O–H groups in total. The summed E-state index contributed by atoms with van der Waals surface area (Å²) in [7, 11) is 0. The number of hydrogen-bond donors (Lipinski definition) is 2. The molecule has 9 heavy (non-hydrogen) atoms. The van der Waals surface area contributed by atoms with Crippen molar-refractivity contribution in [2.75, 3.05) is 0 Å². The first kappa shape index (κ1) is 8.43. The molecule has 0 aliphatic heterocycles. The Bertz CT molecular complexity index is 83.1. The second-order valence-corrected chi connectivity index (χ2v) is 1.93. The van der Waals surface area contributed by atoms with Crippen molar-refractivity contribution in [2.24, 2.45) is 0 Å². The summed E-state index contributed by atoms with van der Waals surface area (Å²) >= 11 is 0. The van der Waals surface area contributed by atoms with Gasteiger partial charge in [-0.3, -0.25) is 4.79 Å². The molecule has 0 fully saturated rings. The van der Waals surface area contributed by atoms with Crippen LogP contribution in [0.4, 0.5) is 0 Å². The number of quaternary nitrogens is 1. The highest BCUT2D eigenvalue weighted by Crippen LogP contribution is 1.98. The molecule has 0 aromatic rings. The fourth-order valence-electron chi connectivity index (χ4n) is 0.565. The van der Waals surface area contributed by atoms with Crippen LogP contribution in [0.25, 0.3) is 0 Å². The number of carboxylic acids is 1. The minimum atomic E-state index is -0.709. The molecule has 0 rings (SSSR count). The van der Waals surface area contributed by atoms with Crippen LogP contribution in [0.5, 0.6) is 0 Å². The summed E-state index contributed by atoms with van der Waals surface area (Å²) in [4.78, 5) is 9.94. The molecular weight excluding hydrogens is 118 g/mol. The van der Waals surface area contributed by atoms with Gasteiger partial charge in [0.25, 0.3) is 0 Å². The zero-order valence-corrected chi connectivity index (χ0v) is 5.47. The van der Waals surface area contributed by atoms with Gasteiger partial charge in [0, 0.05) is 12.8 Å². The highest BCUT2D eigenvalue weighted by Gasteiger charge is 1.95. The summed E-state index contributed by atoms with van der Waals surface area (Å²) in [6.07, 6.45) is 2.91. The zero-order valence-electron chi connectivity index (χ0n) is 5.47. The quantitative estimate of drug-likeness (QED) is 0.517. The molecule has 0 aromatic heterocycles. The molecule has 0 unspecified atom stereocenters. The minimum absolute atomic E-state index is 0.286. The molecule has 3 nitrogen and oxygen atoms in total. The molecule has 0 aromatic carbocycles. The molecule has 0 atom stereocenters. The molecule has 0 heterocycles. The lowest BCUT2D eigenvalue weighted by molar-refractivity contribution is -0.318. The second kappa shape index (κ2) is 5.56. The first-order valence-corrected chi connectivity index (χ1v) is 3.10. The highest BCUT2D eigenvalue weighted by molar-refractivity contribution is 5.66. The van der Waals surface area contributed by atoms with Crippen molar-refractivity contribution in [2.45, 2.75) is 25.7 Å². The maximum Gasteiger partial charge on any atom is 0.303 e. The Balaban J connectivity index is 2.83. The topological polar surface area (TPSA) is 64.9 Å². The molecule has 3 heteroatoms. The molecule has 0 amide bonds.